The molecule has 0 aliphatic heterocycles. The molecule has 3 nitrogen and oxygen atoms in total. The fourth-order valence-electron chi connectivity index (χ4n) is 4.64. The van der Waals surface area contributed by atoms with Crippen molar-refractivity contribution in [3.05, 3.63) is 84.9 Å². The van der Waals surface area contributed by atoms with Gasteiger partial charge in [0.25, 0.3) is 0 Å². The predicted octanol–water partition coefficient (Wildman–Crippen LogP) is 10.5. The number of thiol groups is 1. The largest absolute Gasteiger partial charge is 0.488 e. The summed E-state index contributed by atoms with van der Waals surface area (Å²) in [5.41, 5.74) is 5.43. The van der Waals surface area contributed by atoms with Gasteiger partial charge in [0.05, 0.1) is 0 Å². The van der Waals surface area contributed by atoms with Gasteiger partial charge in [-0.2, -0.15) is 0 Å². The number of hydrogen-bond donors (Lipinski definition) is 1. The van der Waals surface area contributed by atoms with Crippen LogP contribution >= 0.6 is 12.6 Å². The highest BCUT2D eigenvalue weighted by Gasteiger charge is 2.21. The zero-order chi connectivity index (χ0) is 29.3. The smallest absolute Gasteiger partial charge is 0.120 e. The highest BCUT2D eigenvalue weighted by Crippen LogP contribution is 2.45. The third kappa shape index (κ3) is 7.85. The standard InChI is InChI=1S/C36H42O3S/c1-34(2,3)37-27-16-10-13-24(21-27)30-19-20-31(40)33(26-15-12-18-29(23-26)39-36(7,8)9)32(30)25-14-11-17-28(22-25)38-35(4,5)6/h10-23,40H,1-9H3. The van der Waals surface area contributed by atoms with E-state index in [9.17, 15) is 0 Å². The van der Waals surface area contributed by atoms with E-state index in [2.05, 4.69) is 111 Å². The van der Waals surface area contributed by atoms with Gasteiger partial charge < -0.3 is 14.2 Å². The summed E-state index contributed by atoms with van der Waals surface area (Å²) in [6, 6.07) is 29.1. The van der Waals surface area contributed by atoms with Crippen LogP contribution < -0.4 is 14.2 Å². The van der Waals surface area contributed by atoms with Crippen LogP contribution in [0.15, 0.2) is 89.8 Å². The van der Waals surface area contributed by atoms with E-state index < -0.39 is 0 Å². The predicted molar refractivity (Wildman–Crippen MR) is 171 cm³/mol. The minimum absolute atomic E-state index is 0.298. The molecule has 0 aromatic heterocycles. The van der Waals surface area contributed by atoms with Gasteiger partial charge in [0, 0.05) is 10.5 Å². The molecule has 0 saturated carbocycles. The van der Waals surface area contributed by atoms with Crippen LogP contribution in [-0.2, 0) is 0 Å². The Morgan fingerprint density at radius 3 is 1.25 bits per heavy atom. The fraction of sp³-hybridized carbons (Fsp3) is 0.333. The molecule has 0 atom stereocenters. The average Bonchev–Trinajstić information content (AvgIpc) is 2.81. The lowest BCUT2D eigenvalue weighted by Gasteiger charge is -2.24. The Morgan fingerprint density at radius 2 is 0.825 bits per heavy atom. The average molecular weight is 555 g/mol. The molecule has 4 aromatic rings. The maximum absolute atomic E-state index is 6.27. The molecule has 0 heterocycles. The molecule has 0 spiro atoms. The van der Waals surface area contributed by atoms with Crippen molar-refractivity contribution in [2.45, 2.75) is 84.0 Å². The Labute approximate surface area is 245 Å². The van der Waals surface area contributed by atoms with Crippen molar-refractivity contribution in [2.75, 3.05) is 0 Å². The molecular formula is C36H42O3S. The van der Waals surface area contributed by atoms with Gasteiger partial charge in [0.1, 0.15) is 34.1 Å². The van der Waals surface area contributed by atoms with Crippen molar-refractivity contribution in [3.63, 3.8) is 0 Å². The maximum atomic E-state index is 6.27. The molecule has 4 rings (SSSR count). The Morgan fingerprint density at radius 1 is 0.450 bits per heavy atom. The zero-order valence-corrected chi connectivity index (χ0v) is 26.1. The van der Waals surface area contributed by atoms with Crippen LogP contribution in [0.25, 0.3) is 33.4 Å². The minimum atomic E-state index is -0.313. The minimum Gasteiger partial charge on any atom is -0.488 e. The SMILES string of the molecule is CC(C)(C)Oc1cccc(-c2ccc(S)c(-c3cccc(OC(C)(C)C)c3)c2-c2cccc(OC(C)(C)C)c2)c1. The Bertz CT molecular complexity index is 1480. The molecule has 0 fully saturated rings. The monoisotopic (exact) mass is 554 g/mol. The highest BCUT2D eigenvalue weighted by atomic mass is 32.1. The molecule has 0 aliphatic carbocycles. The Hall–Kier alpha value is -3.37. The van der Waals surface area contributed by atoms with Crippen molar-refractivity contribution in [1.82, 2.24) is 0 Å². The molecule has 0 N–H and O–H groups in total. The van der Waals surface area contributed by atoms with Gasteiger partial charge in [-0.3, -0.25) is 0 Å². The second-order valence-electron chi connectivity index (χ2n) is 13.1. The Balaban J connectivity index is 1.98. The van der Waals surface area contributed by atoms with E-state index in [-0.39, 0.29) is 16.8 Å². The summed E-state index contributed by atoms with van der Waals surface area (Å²) < 4.78 is 18.7. The van der Waals surface area contributed by atoms with E-state index >= 15 is 0 Å². The second-order valence-corrected chi connectivity index (χ2v) is 13.6. The van der Waals surface area contributed by atoms with Gasteiger partial charge in [0.15, 0.2) is 0 Å². The van der Waals surface area contributed by atoms with E-state index in [1.165, 1.54) is 0 Å². The van der Waals surface area contributed by atoms with Crippen LogP contribution in [0.5, 0.6) is 17.2 Å². The number of rotatable bonds is 6. The van der Waals surface area contributed by atoms with Crippen molar-refractivity contribution < 1.29 is 14.2 Å². The first-order valence-electron chi connectivity index (χ1n) is 13.8. The van der Waals surface area contributed by atoms with Crippen LogP contribution in [-0.4, -0.2) is 16.8 Å². The van der Waals surface area contributed by atoms with Gasteiger partial charge in [-0.25, -0.2) is 0 Å². The first-order chi connectivity index (χ1) is 18.6. The van der Waals surface area contributed by atoms with E-state index in [4.69, 9.17) is 26.8 Å². The lowest BCUT2D eigenvalue weighted by Crippen LogP contribution is -2.23. The van der Waals surface area contributed by atoms with Crippen molar-refractivity contribution in [1.29, 1.82) is 0 Å². The number of ether oxygens (including phenoxy) is 3. The van der Waals surface area contributed by atoms with Gasteiger partial charge >= 0.3 is 0 Å². The van der Waals surface area contributed by atoms with Crippen molar-refractivity contribution in [2.24, 2.45) is 0 Å². The third-order valence-electron chi connectivity index (χ3n) is 5.85. The molecule has 4 heteroatoms. The molecule has 0 amide bonds. The molecule has 4 aromatic carbocycles. The van der Waals surface area contributed by atoms with Gasteiger partial charge in [-0.1, -0.05) is 42.5 Å². The van der Waals surface area contributed by atoms with Crippen LogP contribution in [0.4, 0.5) is 0 Å². The molecule has 0 unspecified atom stereocenters. The zero-order valence-electron chi connectivity index (χ0n) is 25.3. The fourth-order valence-corrected chi connectivity index (χ4v) is 4.96. The number of hydrogen-bond acceptors (Lipinski definition) is 4. The summed E-state index contributed by atoms with van der Waals surface area (Å²) in [5.74, 6) is 2.47. The summed E-state index contributed by atoms with van der Waals surface area (Å²) in [6.07, 6.45) is 0. The van der Waals surface area contributed by atoms with Gasteiger partial charge in [-0.15, -0.1) is 12.6 Å². The topological polar surface area (TPSA) is 27.7 Å². The van der Waals surface area contributed by atoms with Crippen molar-refractivity contribution in [3.8, 4) is 50.6 Å². The summed E-state index contributed by atoms with van der Waals surface area (Å²) >= 11 is 4.98. The quantitative estimate of drug-likeness (QED) is 0.240. The summed E-state index contributed by atoms with van der Waals surface area (Å²) in [5, 5.41) is 0. The molecule has 40 heavy (non-hydrogen) atoms. The highest BCUT2D eigenvalue weighted by molar-refractivity contribution is 7.80. The van der Waals surface area contributed by atoms with Crippen LogP contribution in [0.3, 0.4) is 0 Å². The van der Waals surface area contributed by atoms with E-state index in [0.717, 1.165) is 55.5 Å². The molecule has 0 saturated heterocycles. The van der Waals surface area contributed by atoms with Gasteiger partial charge in [0.2, 0.25) is 0 Å². The first kappa shape index (κ1) is 29.6. The lowest BCUT2D eigenvalue weighted by atomic mass is 9.87. The van der Waals surface area contributed by atoms with E-state index in [0.29, 0.717) is 0 Å². The van der Waals surface area contributed by atoms with E-state index in [1.807, 2.05) is 36.4 Å². The summed E-state index contributed by atoms with van der Waals surface area (Å²) in [4.78, 5) is 0.885. The molecular weight excluding hydrogens is 512 g/mol. The van der Waals surface area contributed by atoms with Crippen molar-refractivity contribution >= 4 is 12.6 Å². The molecule has 0 aliphatic rings. The summed E-state index contributed by atoms with van der Waals surface area (Å²) in [7, 11) is 0. The third-order valence-corrected chi connectivity index (χ3v) is 6.22. The normalized spacial score (nSPS) is 12.2. The summed E-state index contributed by atoms with van der Waals surface area (Å²) in [6.45, 7) is 18.5. The molecule has 0 bridgehead atoms. The van der Waals surface area contributed by atoms with Gasteiger partial charge in [-0.05, 0) is 133 Å². The van der Waals surface area contributed by atoms with E-state index in [1.54, 1.807) is 0 Å². The molecule has 0 radical (unpaired) electrons. The maximum Gasteiger partial charge on any atom is 0.120 e. The number of benzene rings is 4. The molecule has 210 valence electrons. The van der Waals surface area contributed by atoms with Crippen LogP contribution in [0.2, 0.25) is 0 Å². The first-order valence-corrected chi connectivity index (χ1v) is 14.3. The second kappa shape index (κ2) is 11.2. The van der Waals surface area contributed by atoms with Crippen LogP contribution in [0, 0.1) is 0 Å². The Kier molecular flexibility index (Phi) is 8.33. The van der Waals surface area contributed by atoms with Crippen LogP contribution in [0.1, 0.15) is 62.3 Å². The lowest BCUT2D eigenvalue weighted by molar-refractivity contribution is 0.130.